The summed E-state index contributed by atoms with van der Waals surface area (Å²) in [4.78, 5) is 0. The van der Waals surface area contributed by atoms with Gasteiger partial charge in [-0.25, -0.2) is 0 Å². The maximum Gasteiger partial charge on any atom is 0.0402 e. The number of hydrogen-bond donors (Lipinski definition) is 5. The third-order valence-electron chi connectivity index (χ3n) is 0. The Morgan fingerprint density at radius 2 is 0.412 bits per heavy atom. The van der Waals surface area contributed by atoms with Gasteiger partial charge in [-0.15, -0.1) is 0 Å². The van der Waals surface area contributed by atoms with Crippen molar-refractivity contribution < 1.29 is 70.3 Å². The molecule has 2 radical (unpaired) electrons. The molecule has 0 aromatic heterocycles. The Bertz CT molecular complexity index is 34.3. The Morgan fingerprint density at radius 1 is 0.412 bits per heavy atom. The van der Waals surface area contributed by atoms with Crippen molar-refractivity contribution >= 4 is 0 Å². The van der Waals surface area contributed by atoms with Gasteiger partial charge >= 0.3 is 0 Å². The van der Waals surface area contributed by atoms with Crippen LogP contribution in [0.3, 0.4) is 0 Å². The van der Waals surface area contributed by atoms with Crippen molar-refractivity contribution in [3.05, 3.63) is 0 Å². The van der Waals surface area contributed by atoms with E-state index in [2.05, 4.69) is 0 Å². The van der Waals surface area contributed by atoms with Gasteiger partial charge in [0.05, 0.1) is 0 Å². The molecule has 0 heterocycles. The Balaban J connectivity index is -0.0000000143. The molecule has 110 valence electrons. The molecule has 0 amide bonds. The largest absolute Gasteiger partial charge is 0.397 e. The van der Waals surface area contributed by atoms with Crippen molar-refractivity contribution in [2.75, 3.05) is 33.0 Å². The van der Waals surface area contributed by atoms with E-state index in [0.29, 0.717) is 0 Å². The maximum absolute atomic E-state index is 7.57. The summed E-state index contributed by atoms with van der Waals surface area (Å²) in [5.41, 5.74) is 0. The zero-order valence-electron chi connectivity index (χ0n) is 11.7. The topological polar surface area (TPSA) is 101 Å². The Hall–Kier alpha value is 1.28. The van der Waals surface area contributed by atoms with Crippen LogP contribution in [0.2, 0.25) is 0 Å². The van der Waals surface area contributed by atoms with Crippen LogP contribution in [0.1, 0.15) is 34.6 Å². The average Bonchev–Trinajstić information content (AvgIpc) is 2.09. The smallest absolute Gasteiger partial charge is 0.0402 e. The molecule has 0 aliphatic carbocycles. The molecule has 5 nitrogen and oxygen atoms in total. The standard InChI is InChI=1S/5C2H6O.2Ta/c5*1-2-3;;/h5*3H,2H2,1H3;;. The fraction of sp³-hybridized carbons (Fsp3) is 1.00. The Kier molecular flexibility index (Phi) is 293. The van der Waals surface area contributed by atoms with Crippen LogP contribution >= 0.6 is 0 Å². The van der Waals surface area contributed by atoms with Crippen molar-refractivity contribution in [2.24, 2.45) is 0 Å². The number of aliphatic hydroxyl groups is 5. The van der Waals surface area contributed by atoms with Gasteiger partial charge in [-0.2, -0.15) is 0 Å². The fourth-order valence-electron chi connectivity index (χ4n) is 0. The molecule has 0 spiro atoms. The van der Waals surface area contributed by atoms with Gasteiger partial charge in [-0.1, -0.05) is 0 Å². The molecule has 0 atom stereocenters. The zero-order chi connectivity index (χ0) is 13.5. The maximum atomic E-state index is 7.57. The molecule has 0 aliphatic rings. The monoisotopic (exact) mass is 592 g/mol. The van der Waals surface area contributed by atoms with Crippen LogP contribution in [0, 0.1) is 0 Å². The molecule has 0 rings (SSSR count). The van der Waals surface area contributed by atoms with Gasteiger partial charge in [0.1, 0.15) is 0 Å². The summed E-state index contributed by atoms with van der Waals surface area (Å²) in [6.45, 7) is 9.65. The molecular formula is C10H30O5Ta2. The van der Waals surface area contributed by atoms with E-state index in [0.717, 1.165) is 0 Å². The molecule has 0 fully saturated rings. The molecule has 0 saturated carbocycles. The molecule has 0 unspecified atom stereocenters. The van der Waals surface area contributed by atoms with E-state index < -0.39 is 0 Å². The Labute approximate surface area is 137 Å². The van der Waals surface area contributed by atoms with E-state index in [1.54, 1.807) is 34.6 Å². The third-order valence-corrected chi connectivity index (χ3v) is 0. The second-order valence-corrected chi connectivity index (χ2v) is 1.58. The van der Waals surface area contributed by atoms with Crippen LogP contribution < -0.4 is 0 Å². The van der Waals surface area contributed by atoms with Crippen molar-refractivity contribution in [1.29, 1.82) is 0 Å². The number of rotatable bonds is 0. The molecule has 17 heavy (non-hydrogen) atoms. The minimum atomic E-state index is 0. The zero-order valence-corrected chi connectivity index (χ0v) is 18.1. The third kappa shape index (κ3) is 2460. The second kappa shape index (κ2) is 116. The van der Waals surface area contributed by atoms with Gasteiger partial charge in [0.15, 0.2) is 0 Å². The molecule has 7 heteroatoms. The minimum absolute atomic E-state index is 0. The SMILES string of the molecule is CCO.CCO.CCO.CCO.CCO.[Ta].[Ta]. The summed E-state index contributed by atoms with van der Waals surface area (Å²) < 4.78 is 0. The molecule has 0 saturated heterocycles. The first-order chi connectivity index (χ1) is 7.07. The van der Waals surface area contributed by atoms with Crippen LogP contribution in [-0.2, 0) is 44.8 Å². The first-order valence-corrected chi connectivity index (χ1v) is 5.12. The Morgan fingerprint density at radius 3 is 0.412 bits per heavy atom. The average molecular weight is 592 g/mol. The summed E-state index contributed by atoms with van der Waals surface area (Å²) in [6, 6.07) is 0. The van der Waals surface area contributed by atoms with Crippen LogP contribution in [-0.4, -0.2) is 58.6 Å². The van der Waals surface area contributed by atoms with Gasteiger partial charge in [0, 0.05) is 77.8 Å². The summed E-state index contributed by atoms with van der Waals surface area (Å²) in [6.07, 6.45) is 0. The van der Waals surface area contributed by atoms with Gasteiger partial charge in [-0.3, -0.25) is 0 Å². The van der Waals surface area contributed by atoms with Crippen molar-refractivity contribution in [2.45, 2.75) is 34.6 Å². The van der Waals surface area contributed by atoms with Crippen LogP contribution in [0.15, 0.2) is 0 Å². The van der Waals surface area contributed by atoms with Crippen molar-refractivity contribution in [3.63, 3.8) is 0 Å². The molecule has 0 aromatic carbocycles. The summed E-state index contributed by atoms with van der Waals surface area (Å²) >= 11 is 0. The number of aliphatic hydroxyl groups excluding tert-OH is 5. The van der Waals surface area contributed by atoms with Gasteiger partial charge in [-0.05, 0) is 34.6 Å². The van der Waals surface area contributed by atoms with Gasteiger partial charge < -0.3 is 25.5 Å². The van der Waals surface area contributed by atoms with Crippen molar-refractivity contribution in [3.8, 4) is 0 Å². The molecule has 0 aromatic rings. The minimum Gasteiger partial charge on any atom is -0.397 e. The van der Waals surface area contributed by atoms with E-state index in [9.17, 15) is 0 Å². The second-order valence-electron chi connectivity index (χ2n) is 1.58. The molecular weight excluding hydrogens is 562 g/mol. The van der Waals surface area contributed by atoms with E-state index in [1.807, 2.05) is 0 Å². The summed E-state index contributed by atoms with van der Waals surface area (Å²) in [7, 11) is 0. The predicted octanol–water partition coefficient (Wildman–Crippen LogP) is -0.0120. The molecule has 0 aliphatic heterocycles. The molecule has 5 N–H and O–H groups in total. The number of hydrogen-bond acceptors (Lipinski definition) is 5. The first kappa shape index (κ1) is 42.9. The fourth-order valence-corrected chi connectivity index (χ4v) is 0. The van der Waals surface area contributed by atoms with E-state index in [-0.39, 0.29) is 77.8 Å². The van der Waals surface area contributed by atoms with Crippen LogP contribution in [0.5, 0.6) is 0 Å². The normalized spacial score (nSPS) is 5.29. The van der Waals surface area contributed by atoms with E-state index in [1.165, 1.54) is 0 Å². The summed E-state index contributed by atoms with van der Waals surface area (Å²) in [5, 5.41) is 37.8. The van der Waals surface area contributed by atoms with Gasteiger partial charge in [0.2, 0.25) is 0 Å². The summed E-state index contributed by atoms with van der Waals surface area (Å²) in [5.74, 6) is 0. The predicted molar refractivity (Wildman–Crippen MR) is 63.8 cm³/mol. The molecule has 0 bridgehead atoms. The first-order valence-electron chi connectivity index (χ1n) is 5.12. The van der Waals surface area contributed by atoms with E-state index >= 15 is 0 Å². The quantitative estimate of drug-likeness (QED) is 0.273. The van der Waals surface area contributed by atoms with E-state index in [4.69, 9.17) is 25.5 Å². The van der Waals surface area contributed by atoms with Gasteiger partial charge in [0.25, 0.3) is 0 Å². The van der Waals surface area contributed by atoms with Crippen LogP contribution in [0.25, 0.3) is 0 Å². The van der Waals surface area contributed by atoms with Crippen molar-refractivity contribution in [1.82, 2.24) is 0 Å². The van der Waals surface area contributed by atoms with Crippen LogP contribution in [0.4, 0.5) is 0 Å².